The fourth-order valence-corrected chi connectivity index (χ4v) is 4.81. The molecule has 2 aliphatic heterocycles. The molecule has 0 aromatic heterocycles. The van der Waals surface area contributed by atoms with Gasteiger partial charge >= 0.3 is 0 Å². The van der Waals surface area contributed by atoms with E-state index < -0.39 is 0 Å². The van der Waals surface area contributed by atoms with Crippen LogP contribution in [-0.2, 0) is 6.54 Å². The molecule has 1 fully saturated rings. The molecular weight excluding hydrogens is 399 g/mol. The van der Waals surface area contributed by atoms with Gasteiger partial charge in [0.1, 0.15) is 0 Å². The molecule has 0 unspecified atom stereocenters. The van der Waals surface area contributed by atoms with E-state index in [0.717, 1.165) is 32.7 Å². The summed E-state index contributed by atoms with van der Waals surface area (Å²) in [6, 6.07) is 31.5. The van der Waals surface area contributed by atoms with Gasteiger partial charge < -0.3 is 0 Å². The molecular formula is C25H28Cl2N2. The van der Waals surface area contributed by atoms with Crippen molar-refractivity contribution in [3.63, 3.8) is 0 Å². The van der Waals surface area contributed by atoms with Crippen LogP contribution in [-0.4, -0.2) is 36.0 Å². The molecule has 0 N–H and O–H groups in total. The predicted octanol–water partition coefficient (Wildman–Crippen LogP) is 5.53. The fraction of sp³-hybridized carbons (Fsp3) is 0.280. The van der Waals surface area contributed by atoms with E-state index in [1.807, 2.05) is 0 Å². The molecule has 4 heteroatoms. The molecule has 152 valence electrons. The smallest absolute Gasteiger partial charge is 0.0479 e. The molecule has 0 saturated carbocycles. The van der Waals surface area contributed by atoms with Crippen LogP contribution >= 0.6 is 24.8 Å². The molecule has 3 aromatic rings. The minimum absolute atomic E-state index is 0. The van der Waals surface area contributed by atoms with Gasteiger partial charge in [-0.3, -0.25) is 9.80 Å². The van der Waals surface area contributed by atoms with Crippen LogP contribution in [0.25, 0.3) is 0 Å². The van der Waals surface area contributed by atoms with E-state index in [1.54, 1.807) is 0 Å². The Morgan fingerprint density at radius 3 is 2.00 bits per heavy atom. The third-order valence-corrected chi connectivity index (χ3v) is 6.17. The highest BCUT2D eigenvalue weighted by Crippen LogP contribution is 2.40. The van der Waals surface area contributed by atoms with Crippen molar-refractivity contribution in [2.24, 2.45) is 0 Å². The number of hydrogen-bond donors (Lipinski definition) is 0. The van der Waals surface area contributed by atoms with Gasteiger partial charge in [-0.2, -0.15) is 0 Å². The summed E-state index contributed by atoms with van der Waals surface area (Å²) in [6.45, 7) is 5.60. The quantitative estimate of drug-likeness (QED) is 0.542. The van der Waals surface area contributed by atoms with Crippen molar-refractivity contribution in [2.45, 2.75) is 18.5 Å². The number of piperazine rings is 1. The first kappa shape index (κ1) is 21.9. The van der Waals surface area contributed by atoms with E-state index in [1.165, 1.54) is 22.3 Å². The van der Waals surface area contributed by atoms with Crippen molar-refractivity contribution in [2.75, 3.05) is 26.2 Å². The first-order chi connectivity index (χ1) is 13.4. The molecule has 2 heterocycles. The normalized spacial score (nSPS) is 21.2. The summed E-state index contributed by atoms with van der Waals surface area (Å²) in [4.78, 5) is 5.33. The zero-order chi connectivity index (χ0) is 18.1. The minimum Gasteiger partial charge on any atom is -0.296 e. The van der Waals surface area contributed by atoms with Gasteiger partial charge in [-0.15, -0.1) is 24.8 Å². The Labute approximate surface area is 186 Å². The van der Waals surface area contributed by atoms with Crippen molar-refractivity contribution in [1.29, 1.82) is 0 Å². The first-order valence-corrected chi connectivity index (χ1v) is 10.0. The highest BCUT2D eigenvalue weighted by molar-refractivity contribution is 5.85. The lowest BCUT2D eigenvalue weighted by molar-refractivity contribution is 0.0585. The number of nitrogens with zero attached hydrogens (tertiary/aromatic N) is 2. The van der Waals surface area contributed by atoms with Crippen LogP contribution in [0.15, 0.2) is 84.9 Å². The Hall–Kier alpha value is -1.84. The highest BCUT2D eigenvalue weighted by atomic mass is 35.5. The van der Waals surface area contributed by atoms with E-state index >= 15 is 0 Å². The number of fused-ring (bicyclic) bond motifs is 3. The largest absolute Gasteiger partial charge is 0.296 e. The fourth-order valence-electron chi connectivity index (χ4n) is 4.81. The van der Waals surface area contributed by atoms with Crippen molar-refractivity contribution in [3.05, 3.63) is 107 Å². The Morgan fingerprint density at radius 2 is 1.28 bits per heavy atom. The molecule has 2 nitrogen and oxygen atoms in total. The topological polar surface area (TPSA) is 6.48 Å². The van der Waals surface area contributed by atoms with Crippen molar-refractivity contribution in [1.82, 2.24) is 9.80 Å². The highest BCUT2D eigenvalue weighted by Gasteiger charge is 2.36. The summed E-state index contributed by atoms with van der Waals surface area (Å²) in [7, 11) is 0. The van der Waals surface area contributed by atoms with Crippen LogP contribution in [0.4, 0.5) is 0 Å². The van der Waals surface area contributed by atoms with Gasteiger partial charge in [0.25, 0.3) is 0 Å². The standard InChI is InChI=1S/C25H26N2.2ClH/c1-3-9-20(10-4-1)17-26-15-16-27-18-24(21-11-5-2-6-12-21)22-13-7-8-14-23(22)25(27)19-26;;/h1-14,24-25H,15-19H2;2*1H/t24-,25+;;/m0../s1. The van der Waals surface area contributed by atoms with Gasteiger partial charge in [0, 0.05) is 44.7 Å². The molecule has 29 heavy (non-hydrogen) atoms. The SMILES string of the molecule is Cl.Cl.c1ccc(CN2CCN3C[C@@H](c4ccccc4)c4ccccc4[C@H]3C2)cc1. The summed E-state index contributed by atoms with van der Waals surface area (Å²) >= 11 is 0. The van der Waals surface area contributed by atoms with Crippen LogP contribution in [0.3, 0.4) is 0 Å². The second-order valence-electron chi connectivity index (χ2n) is 7.82. The molecule has 0 radical (unpaired) electrons. The van der Waals surface area contributed by atoms with Gasteiger partial charge in [-0.1, -0.05) is 84.9 Å². The van der Waals surface area contributed by atoms with Crippen molar-refractivity contribution in [3.8, 4) is 0 Å². The number of halogens is 2. The lowest BCUT2D eigenvalue weighted by atomic mass is 9.80. The summed E-state index contributed by atoms with van der Waals surface area (Å²) in [6.07, 6.45) is 0. The first-order valence-electron chi connectivity index (χ1n) is 10.0. The molecule has 2 atom stereocenters. The average Bonchev–Trinajstić information content (AvgIpc) is 2.75. The summed E-state index contributed by atoms with van der Waals surface area (Å²) in [5.74, 6) is 0.485. The summed E-state index contributed by atoms with van der Waals surface area (Å²) in [5, 5.41) is 0. The molecule has 5 rings (SSSR count). The average molecular weight is 427 g/mol. The number of rotatable bonds is 3. The van der Waals surface area contributed by atoms with Crippen LogP contribution in [0.2, 0.25) is 0 Å². The summed E-state index contributed by atoms with van der Waals surface area (Å²) < 4.78 is 0. The van der Waals surface area contributed by atoms with Gasteiger partial charge in [0.05, 0.1) is 0 Å². The second kappa shape index (κ2) is 9.77. The van der Waals surface area contributed by atoms with Gasteiger partial charge in [0.15, 0.2) is 0 Å². The van der Waals surface area contributed by atoms with E-state index in [-0.39, 0.29) is 24.8 Å². The molecule has 3 aromatic carbocycles. The number of hydrogen-bond acceptors (Lipinski definition) is 2. The van der Waals surface area contributed by atoms with Crippen LogP contribution in [0.5, 0.6) is 0 Å². The lowest BCUT2D eigenvalue weighted by Gasteiger charge is -2.47. The Balaban J connectivity index is 0.00000120. The maximum absolute atomic E-state index is 2.71. The van der Waals surface area contributed by atoms with E-state index in [9.17, 15) is 0 Å². The third-order valence-electron chi connectivity index (χ3n) is 6.17. The molecule has 0 aliphatic carbocycles. The minimum atomic E-state index is 0. The molecule has 0 bridgehead atoms. The van der Waals surface area contributed by atoms with E-state index in [4.69, 9.17) is 0 Å². The van der Waals surface area contributed by atoms with Gasteiger partial charge in [-0.25, -0.2) is 0 Å². The van der Waals surface area contributed by atoms with Crippen LogP contribution in [0.1, 0.15) is 34.2 Å². The molecule has 0 spiro atoms. The van der Waals surface area contributed by atoms with E-state index in [2.05, 4.69) is 94.7 Å². The lowest BCUT2D eigenvalue weighted by Crippen LogP contribution is -2.51. The molecule has 2 aliphatic rings. The monoisotopic (exact) mass is 426 g/mol. The van der Waals surface area contributed by atoms with Gasteiger partial charge in [0.2, 0.25) is 0 Å². The third kappa shape index (κ3) is 4.51. The van der Waals surface area contributed by atoms with E-state index in [0.29, 0.717) is 12.0 Å². The predicted molar refractivity (Wildman–Crippen MR) is 125 cm³/mol. The Kier molecular flexibility index (Phi) is 7.37. The zero-order valence-corrected chi connectivity index (χ0v) is 18.1. The van der Waals surface area contributed by atoms with Crippen LogP contribution < -0.4 is 0 Å². The Bertz CT molecular complexity index is 901. The van der Waals surface area contributed by atoms with Gasteiger partial charge in [-0.05, 0) is 22.3 Å². The summed E-state index contributed by atoms with van der Waals surface area (Å²) in [5.41, 5.74) is 5.90. The number of benzene rings is 3. The van der Waals surface area contributed by atoms with Crippen molar-refractivity contribution >= 4 is 24.8 Å². The zero-order valence-electron chi connectivity index (χ0n) is 16.5. The van der Waals surface area contributed by atoms with Crippen molar-refractivity contribution < 1.29 is 0 Å². The van der Waals surface area contributed by atoms with Crippen LogP contribution in [0, 0.1) is 0 Å². The maximum Gasteiger partial charge on any atom is 0.0479 e. The molecule has 1 saturated heterocycles. The Morgan fingerprint density at radius 1 is 0.655 bits per heavy atom. The molecule has 0 amide bonds. The maximum atomic E-state index is 2.71. The second-order valence-corrected chi connectivity index (χ2v) is 7.82.